The van der Waals surface area contributed by atoms with E-state index in [0.717, 1.165) is 5.75 Å². The van der Waals surface area contributed by atoms with Crippen molar-refractivity contribution in [3.63, 3.8) is 0 Å². The summed E-state index contributed by atoms with van der Waals surface area (Å²) in [6.07, 6.45) is 0. The van der Waals surface area contributed by atoms with Crippen LogP contribution in [-0.4, -0.2) is 24.6 Å². The third-order valence-corrected chi connectivity index (χ3v) is 2.39. The molecule has 1 rings (SSSR count). The van der Waals surface area contributed by atoms with Gasteiger partial charge in [0, 0.05) is 17.6 Å². The molecule has 0 aromatic heterocycles. The van der Waals surface area contributed by atoms with Crippen LogP contribution in [0.1, 0.15) is 31.1 Å². The first-order valence-electron chi connectivity index (χ1n) is 5.74. The summed E-state index contributed by atoms with van der Waals surface area (Å²) in [6.45, 7) is 6.71. The lowest BCUT2D eigenvalue weighted by atomic mass is 10.1. The minimum Gasteiger partial charge on any atom is -0.494 e. The molecule has 0 aliphatic rings. The summed E-state index contributed by atoms with van der Waals surface area (Å²) in [5.74, 6) is 0.644. The zero-order valence-electron chi connectivity index (χ0n) is 10.6. The van der Waals surface area contributed by atoms with E-state index in [1.165, 1.54) is 0 Å². The first-order chi connectivity index (χ1) is 7.98. The maximum Gasteiger partial charge on any atom is 0.251 e. The van der Waals surface area contributed by atoms with Gasteiger partial charge in [-0.15, -0.1) is 0 Å². The van der Waals surface area contributed by atoms with Gasteiger partial charge in [0.2, 0.25) is 0 Å². The Morgan fingerprint density at radius 2 is 1.94 bits per heavy atom. The Balaban J connectivity index is 2.70. The van der Waals surface area contributed by atoms with Crippen LogP contribution in [0.3, 0.4) is 0 Å². The molecule has 4 heteroatoms. The molecule has 0 radical (unpaired) electrons. The van der Waals surface area contributed by atoms with Crippen LogP contribution in [0.25, 0.3) is 0 Å². The standard InChI is InChI=1S/C13H20N2O2/c1-4-17-11-7-5-10(6-8-11)12(16)15-13(2,3)9-14/h5-8H,4,9,14H2,1-3H3,(H,15,16). The molecule has 0 spiro atoms. The number of ether oxygens (including phenoxy) is 1. The maximum absolute atomic E-state index is 11.9. The van der Waals surface area contributed by atoms with Gasteiger partial charge in [-0.1, -0.05) is 0 Å². The molecular weight excluding hydrogens is 216 g/mol. The molecule has 3 N–H and O–H groups in total. The van der Waals surface area contributed by atoms with Crippen LogP contribution >= 0.6 is 0 Å². The smallest absolute Gasteiger partial charge is 0.251 e. The SMILES string of the molecule is CCOc1ccc(C(=O)NC(C)(C)CN)cc1. The average molecular weight is 236 g/mol. The Morgan fingerprint density at radius 3 is 2.41 bits per heavy atom. The molecular formula is C13H20N2O2. The molecule has 0 bridgehead atoms. The van der Waals surface area contributed by atoms with Crippen molar-refractivity contribution in [2.75, 3.05) is 13.2 Å². The summed E-state index contributed by atoms with van der Waals surface area (Å²) in [7, 11) is 0. The number of amides is 1. The van der Waals surface area contributed by atoms with Gasteiger partial charge in [0.1, 0.15) is 5.75 Å². The number of hydrogen-bond donors (Lipinski definition) is 2. The molecule has 1 amide bonds. The van der Waals surface area contributed by atoms with Gasteiger partial charge in [-0.25, -0.2) is 0 Å². The number of carbonyl (C=O) groups is 1. The van der Waals surface area contributed by atoms with E-state index in [2.05, 4.69) is 5.32 Å². The van der Waals surface area contributed by atoms with Crippen LogP contribution in [0.4, 0.5) is 0 Å². The number of benzene rings is 1. The predicted octanol–water partition coefficient (Wildman–Crippen LogP) is 1.55. The van der Waals surface area contributed by atoms with Crippen molar-refractivity contribution in [3.8, 4) is 5.75 Å². The second-order valence-corrected chi connectivity index (χ2v) is 4.50. The summed E-state index contributed by atoms with van der Waals surface area (Å²) >= 11 is 0. The van der Waals surface area contributed by atoms with Gasteiger partial charge in [-0.3, -0.25) is 4.79 Å². The van der Waals surface area contributed by atoms with Crippen molar-refractivity contribution >= 4 is 5.91 Å². The molecule has 0 saturated carbocycles. The number of hydrogen-bond acceptors (Lipinski definition) is 3. The summed E-state index contributed by atoms with van der Waals surface area (Å²) in [6, 6.07) is 7.06. The van der Waals surface area contributed by atoms with Crippen LogP contribution in [-0.2, 0) is 0 Å². The Morgan fingerprint density at radius 1 is 1.35 bits per heavy atom. The lowest BCUT2D eigenvalue weighted by Crippen LogP contribution is -2.48. The highest BCUT2D eigenvalue weighted by atomic mass is 16.5. The lowest BCUT2D eigenvalue weighted by molar-refractivity contribution is 0.0915. The maximum atomic E-state index is 11.9. The predicted molar refractivity (Wildman–Crippen MR) is 68.2 cm³/mol. The van der Waals surface area contributed by atoms with Crippen molar-refractivity contribution in [2.24, 2.45) is 5.73 Å². The van der Waals surface area contributed by atoms with E-state index < -0.39 is 5.54 Å². The van der Waals surface area contributed by atoms with E-state index in [1.807, 2.05) is 20.8 Å². The molecule has 0 atom stereocenters. The van der Waals surface area contributed by atoms with Gasteiger partial charge < -0.3 is 15.8 Å². The van der Waals surface area contributed by atoms with Gasteiger partial charge in [0.05, 0.1) is 6.61 Å². The van der Waals surface area contributed by atoms with Crippen LogP contribution in [0.5, 0.6) is 5.75 Å². The molecule has 1 aromatic carbocycles. The van der Waals surface area contributed by atoms with E-state index in [1.54, 1.807) is 24.3 Å². The molecule has 0 unspecified atom stereocenters. The van der Waals surface area contributed by atoms with Gasteiger partial charge in [0.15, 0.2) is 0 Å². The normalized spacial score (nSPS) is 11.1. The summed E-state index contributed by atoms with van der Waals surface area (Å²) in [4.78, 5) is 11.9. The number of carbonyl (C=O) groups excluding carboxylic acids is 1. The van der Waals surface area contributed by atoms with E-state index in [4.69, 9.17) is 10.5 Å². The van der Waals surface area contributed by atoms with Gasteiger partial charge >= 0.3 is 0 Å². The highest BCUT2D eigenvalue weighted by molar-refractivity contribution is 5.94. The zero-order valence-corrected chi connectivity index (χ0v) is 10.6. The molecule has 17 heavy (non-hydrogen) atoms. The number of nitrogens with two attached hydrogens (primary N) is 1. The zero-order chi connectivity index (χ0) is 12.9. The third kappa shape index (κ3) is 4.07. The topological polar surface area (TPSA) is 64.3 Å². The molecule has 0 saturated heterocycles. The number of rotatable bonds is 5. The van der Waals surface area contributed by atoms with E-state index in [9.17, 15) is 4.79 Å². The summed E-state index contributed by atoms with van der Waals surface area (Å²) in [5.41, 5.74) is 5.77. The van der Waals surface area contributed by atoms with Crippen LogP contribution in [0.15, 0.2) is 24.3 Å². The van der Waals surface area contributed by atoms with Gasteiger partial charge in [0.25, 0.3) is 5.91 Å². The average Bonchev–Trinajstić information content (AvgIpc) is 2.30. The Bertz CT molecular complexity index is 372. The largest absolute Gasteiger partial charge is 0.494 e. The van der Waals surface area contributed by atoms with Crippen LogP contribution in [0, 0.1) is 0 Å². The van der Waals surface area contributed by atoms with E-state index in [-0.39, 0.29) is 5.91 Å². The Hall–Kier alpha value is -1.55. The van der Waals surface area contributed by atoms with Crippen molar-refractivity contribution < 1.29 is 9.53 Å². The summed E-state index contributed by atoms with van der Waals surface area (Å²) in [5, 5.41) is 2.87. The molecule has 0 heterocycles. The monoisotopic (exact) mass is 236 g/mol. The van der Waals surface area contributed by atoms with Crippen molar-refractivity contribution in [3.05, 3.63) is 29.8 Å². The van der Waals surface area contributed by atoms with E-state index in [0.29, 0.717) is 18.7 Å². The first kappa shape index (κ1) is 13.5. The second-order valence-electron chi connectivity index (χ2n) is 4.50. The Labute approximate surface area is 102 Å². The van der Waals surface area contributed by atoms with E-state index >= 15 is 0 Å². The van der Waals surface area contributed by atoms with Crippen LogP contribution < -0.4 is 15.8 Å². The minimum atomic E-state index is -0.393. The molecule has 94 valence electrons. The molecule has 0 aliphatic carbocycles. The van der Waals surface area contributed by atoms with Gasteiger partial charge in [-0.2, -0.15) is 0 Å². The van der Waals surface area contributed by atoms with Crippen molar-refractivity contribution in [2.45, 2.75) is 26.3 Å². The van der Waals surface area contributed by atoms with Crippen LogP contribution in [0.2, 0.25) is 0 Å². The Kier molecular flexibility index (Phi) is 4.52. The minimum absolute atomic E-state index is 0.122. The first-order valence-corrected chi connectivity index (χ1v) is 5.74. The fraction of sp³-hybridized carbons (Fsp3) is 0.462. The quantitative estimate of drug-likeness (QED) is 0.815. The highest BCUT2D eigenvalue weighted by Crippen LogP contribution is 2.12. The van der Waals surface area contributed by atoms with Crippen molar-refractivity contribution in [1.29, 1.82) is 0 Å². The molecule has 0 aliphatic heterocycles. The molecule has 4 nitrogen and oxygen atoms in total. The molecule has 0 fully saturated rings. The second kappa shape index (κ2) is 5.68. The van der Waals surface area contributed by atoms with Gasteiger partial charge in [-0.05, 0) is 45.0 Å². The number of nitrogens with one attached hydrogen (secondary N) is 1. The highest BCUT2D eigenvalue weighted by Gasteiger charge is 2.18. The fourth-order valence-electron chi connectivity index (χ4n) is 1.30. The molecule has 1 aromatic rings. The fourth-order valence-corrected chi connectivity index (χ4v) is 1.30. The lowest BCUT2D eigenvalue weighted by Gasteiger charge is -2.24. The third-order valence-electron chi connectivity index (χ3n) is 2.39. The summed E-state index contributed by atoms with van der Waals surface area (Å²) < 4.78 is 5.31. The van der Waals surface area contributed by atoms with Crippen molar-refractivity contribution in [1.82, 2.24) is 5.32 Å².